The summed E-state index contributed by atoms with van der Waals surface area (Å²) in [6.07, 6.45) is 2.30. The average molecular weight is 332 g/mol. The van der Waals surface area contributed by atoms with E-state index < -0.39 is 15.6 Å². The predicted octanol–water partition coefficient (Wildman–Crippen LogP) is 0.0236. The van der Waals surface area contributed by atoms with Crippen molar-refractivity contribution in [1.29, 1.82) is 0 Å². The zero-order chi connectivity index (χ0) is 15.2. The fourth-order valence-corrected chi connectivity index (χ4v) is 4.49. The van der Waals surface area contributed by atoms with Gasteiger partial charge in [-0.1, -0.05) is 11.6 Å². The third-order valence-corrected chi connectivity index (χ3v) is 6.05. The first-order valence-electron chi connectivity index (χ1n) is 6.57. The molecule has 1 amide bonds. The summed E-state index contributed by atoms with van der Waals surface area (Å²) in [7, 11) is -3.72. The van der Waals surface area contributed by atoms with E-state index in [-0.39, 0.29) is 35.0 Å². The second kappa shape index (κ2) is 5.11. The van der Waals surface area contributed by atoms with Gasteiger partial charge < -0.3 is 9.88 Å². The molecule has 2 fully saturated rings. The number of rotatable bonds is 2. The van der Waals surface area contributed by atoms with Crippen molar-refractivity contribution in [2.24, 2.45) is 0 Å². The van der Waals surface area contributed by atoms with Crippen LogP contribution in [0.15, 0.2) is 22.0 Å². The molecule has 0 bridgehead atoms. The van der Waals surface area contributed by atoms with Crippen LogP contribution < -0.4 is 5.56 Å². The quantitative estimate of drug-likeness (QED) is 0.827. The number of halogens is 1. The molecule has 0 spiro atoms. The molecule has 3 rings (SSSR count). The Morgan fingerprint density at radius 2 is 2.05 bits per heavy atom. The van der Waals surface area contributed by atoms with Crippen LogP contribution in [0.1, 0.15) is 12.8 Å². The lowest BCUT2D eigenvalue weighted by Crippen LogP contribution is -2.53. The van der Waals surface area contributed by atoms with E-state index in [1.165, 1.54) is 4.31 Å². The molecule has 1 N–H and O–H groups in total. The van der Waals surface area contributed by atoms with Crippen LogP contribution in [0.3, 0.4) is 0 Å². The number of sulfonamides is 1. The summed E-state index contributed by atoms with van der Waals surface area (Å²) >= 11 is 5.69. The number of hydrogen-bond acceptors (Lipinski definition) is 4. The number of nitrogens with zero attached hydrogens (tertiary/aromatic N) is 2. The number of amides is 1. The highest BCUT2D eigenvalue weighted by molar-refractivity contribution is 7.89. The smallest absolute Gasteiger partial charge is 0.266 e. The molecule has 1 aromatic heterocycles. The Morgan fingerprint density at radius 1 is 1.29 bits per heavy atom. The van der Waals surface area contributed by atoms with E-state index in [1.54, 1.807) is 4.90 Å². The molecule has 1 unspecified atom stereocenters. The zero-order valence-corrected chi connectivity index (χ0v) is 12.7. The van der Waals surface area contributed by atoms with E-state index >= 15 is 0 Å². The van der Waals surface area contributed by atoms with E-state index in [0.717, 1.165) is 12.3 Å². The monoisotopic (exact) mass is 331 g/mol. The van der Waals surface area contributed by atoms with Gasteiger partial charge in [0.15, 0.2) is 0 Å². The van der Waals surface area contributed by atoms with Crippen LogP contribution >= 0.6 is 11.6 Å². The summed E-state index contributed by atoms with van der Waals surface area (Å²) in [5.74, 6) is 0.0872. The van der Waals surface area contributed by atoms with Gasteiger partial charge in [0.05, 0.1) is 4.90 Å². The molecule has 0 aliphatic carbocycles. The van der Waals surface area contributed by atoms with Crippen LogP contribution in [-0.2, 0) is 14.8 Å². The minimum atomic E-state index is -3.72. The fraction of sp³-hybridized carbons (Fsp3) is 0.500. The lowest BCUT2D eigenvalue weighted by molar-refractivity contribution is -0.130. The fourth-order valence-electron chi connectivity index (χ4n) is 2.79. The maximum absolute atomic E-state index is 12.6. The summed E-state index contributed by atoms with van der Waals surface area (Å²) in [6, 6.07) is 1.10. The Bertz CT molecular complexity index is 745. The molecule has 9 heteroatoms. The second-order valence-corrected chi connectivity index (χ2v) is 7.50. The first-order chi connectivity index (χ1) is 9.89. The number of carbonyl (C=O) groups excluding carboxylic acids is 1. The molecule has 1 aromatic rings. The highest BCUT2D eigenvalue weighted by atomic mass is 35.5. The average Bonchev–Trinajstić information content (AvgIpc) is 2.83. The Morgan fingerprint density at radius 3 is 2.76 bits per heavy atom. The van der Waals surface area contributed by atoms with Gasteiger partial charge in [-0.15, -0.1) is 0 Å². The van der Waals surface area contributed by atoms with E-state index in [1.807, 2.05) is 0 Å². The normalized spacial score (nSPS) is 23.4. The highest BCUT2D eigenvalue weighted by Gasteiger charge is 2.39. The summed E-state index contributed by atoms with van der Waals surface area (Å²) in [5, 5.41) is -0.161. The summed E-state index contributed by atoms with van der Waals surface area (Å²) < 4.78 is 26.5. The minimum Gasteiger partial charge on any atom is -0.337 e. The van der Waals surface area contributed by atoms with Crippen molar-refractivity contribution in [2.45, 2.75) is 23.8 Å². The predicted molar refractivity (Wildman–Crippen MR) is 75.6 cm³/mol. The zero-order valence-electron chi connectivity index (χ0n) is 11.1. The largest absolute Gasteiger partial charge is 0.337 e. The maximum atomic E-state index is 12.6. The van der Waals surface area contributed by atoms with Gasteiger partial charge in [-0.25, -0.2) is 8.42 Å². The van der Waals surface area contributed by atoms with Gasteiger partial charge in [0.2, 0.25) is 15.9 Å². The van der Waals surface area contributed by atoms with Crippen molar-refractivity contribution in [3.8, 4) is 0 Å². The molecule has 0 radical (unpaired) electrons. The third-order valence-electron chi connectivity index (χ3n) is 3.93. The molecule has 0 saturated carbocycles. The number of carbonyl (C=O) groups is 1. The Kier molecular flexibility index (Phi) is 3.54. The molecule has 1 atom stereocenters. The van der Waals surface area contributed by atoms with E-state index in [4.69, 9.17) is 11.6 Å². The number of fused-ring (bicyclic) bond motifs is 1. The van der Waals surface area contributed by atoms with E-state index in [9.17, 15) is 18.0 Å². The van der Waals surface area contributed by atoms with Crippen LogP contribution in [0.5, 0.6) is 0 Å². The Hall–Kier alpha value is -1.38. The lowest BCUT2D eigenvalue weighted by Gasteiger charge is -2.36. The lowest BCUT2D eigenvalue weighted by atomic mass is 10.2. The molecule has 3 heterocycles. The van der Waals surface area contributed by atoms with Crippen molar-refractivity contribution in [3.05, 3.63) is 27.6 Å². The molecule has 7 nitrogen and oxygen atoms in total. The number of piperazine rings is 1. The molecule has 0 aromatic carbocycles. The summed E-state index contributed by atoms with van der Waals surface area (Å²) in [6.45, 7) is 0.936. The third kappa shape index (κ3) is 2.47. The van der Waals surface area contributed by atoms with Gasteiger partial charge in [-0.3, -0.25) is 9.59 Å². The van der Waals surface area contributed by atoms with Crippen molar-refractivity contribution in [3.63, 3.8) is 0 Å². The van der Waals surface area contributed by atoms with Crippen molar-refractivity contribution in [1.82, 2.24) is 14.2 Å². The van der Waals surface area contributed by atoms with Gasteiger partial charge in [-0.05, 0) is 12.5 Å². The number of aromatic amines is 1. The second-order valence-electron chi connectivity index (χ2n) is 5.16. The van der Waals surface area contributed by atoms with E-state index in [2.05, 4.69) is 4.98 Å². The van der Waals surface area contributed by atoms with Crippen molar-refractivity contribution >= 4 is 27.5 Å². The van der Waals surface area contributed by atoms with Crippen LogP contribution in [0.2, 0.25) is 5.02 Å². The molecule has 114 valence electrons. The summed E-state index contributed by atoms with van der Waals surface area (Å²) in [4.78, 5) is 26.9. The molecular formula is C12H14ClN3O4S. The number of pyridine rings is 1. The Labute approximate surface area is 126 Å². The topological polar surface area (TPSA) is 90.5 Å². The van der Waals surface area contributed by atoms with Crippen molar-refractivity contribution < 1.29 is 13.2 Å². The van der Waals surface area contributed by atoms with Gasteiger partial charge in [0.1, 0.15) is 5.02 Å². The van der Waals surface area contributed by atoms with Crippen LogP contribution in [0, 0.1) is 0 Å². The Balaban J connectivity index is 1.87. The molecule has 2 saturated heterocycles. The number of nitrogens with one attached hydrogen (secondary N) is 1. The van der Waals surface area contributed by atoms with E-state index in [0.29, 0.717) is 19.4 Å². The van der Waals surface area contributed by atoms with Gasteiger partial charge in [-0.2, -0.15) is 4.31 Å². The summed E-state index contributed by atoms with van der Waals surface area (Å²) in [5.41, 5.74) is -0.526. The van der Waals surface area contributed by atoms with Crippen molar-refractivity contribution in [2.75, 3.05) is 19.6 Å². The van der Waals surface area contributed by atoms with Crippen LogP contribution in [0.25, 0.3) is 0 Å². The SMILES string of the molecule is O=C1CCC2CN(S(=O)(=O)c3c[nH]c(=O)c(Cl)c3)CCN12. The minimum absolute atomic E-state index is 0.0372. The number of aromatic nitrogens is 1. The molecule has 2 aliphatic rings. The van der Waals surface area contributed by atoms with Crippen LogP contribution in [0.4, 0.5) is 0 Å². The van der Waals surface area contributed by atoms with Gasteiger partial charge >= 0.3 is 0 Å². The number of hydrogen-bond donors (Lipinski definition) is 1. The highest BCUT2D eigenvalue weighted by Crippen LogP contribution is 2.26. The first kappa shape index (κ1) is 14.6. The van der Waals surface area contributed by atoms with Gasteiger partial charge in [0, 0.05) is 38.3 Å². The first-order valence-corrected chi connectivity index (χ1v) is 8.39. The maximum Gasteiger partial charge on any atom is 0.266 e. The molecular weight excluding hydrogens is 318 g/mol. The molecule has 21 heavy (non-hydrogen) atoms. The number of H-pyrrole nitrogens is 1. The molecule has 2 aliphatic heterocycles. The van der Waals surface area contributed by atoms with Crippen LogP contribution in [-0.4, -0.2) is 54.2 Å². The van der Waals surface area contributed by atoms with Gasteiger partial charge in [0.25, 0.3) is 5.56 Å². The standard InChI is InChI=1S/C12H14ClN3O4S/c13-10-5-9(6-14-12(10)18)21(19,20)15-3-4-16-8(7-15)1-2-11(16)17/h5-6,8H,1-4,7H2,(H,14,18).